The first-order valence-corrected chi connectivity index (χ1v) is 13.1. The molecule has 1 N–H and O–H groups in total. The van der Waals surface area contributed by atoms with Gasteiger partial charge in [-0.3, -0.25) is 0 Å². The number of nitrogens with zero attached hydrogens (tertiary/aromatic N) is 4. The van der Waals surface area contributed by atoms with E-state index in [0.717, 1.165) is 67.3 Å². The maximum Gasteiger partial charge on any atom is 0.140 e. The molecule has 0 unspecified atom stereocenters. The van der Waals surface area contributed by atoms with Crippen LogP contribution in [-0.2, 0) is 13.2 Å². The van der Waals surface area contributed by atoms with Gasteiger partial charge in [0.15, 0.2) is 0 Å². The standard InChI is InChI=1S/C32H27N5O2/c1-21-35-29-10-7-24(16-30(29)36-21)23-8-12-31-25(15-23)18-37(13-14-38-31)32-27-17-26(9-11-28(27)33-20-34-32)39-19-22-5-3-2-4-6-22/h2-12,15-17,20H,13-14,18-19H2,1H3,(H,35,36). The van der Waals surface area contributed by atoms with Gasteiger partial charge in [0.05, 0.1) is 23.1 Å². The summed E-state index contributed by atoms with van der Waals surface area (Å²) in [6.07, 6.45) is 1.63. The lowest BCUT2D eigenvalue weighted by Gasteiger charge is -2.22. The van der Waals surface area contributed by atoms with Crippen molar-refractivity contribution in [3.05, 3.63) is 108 Å². The molecule has 0 saturated carbocycles. The highest BCUT2D eigenvalue weighted by atomic mass is 16.5. The van der Waals surface area contributed by atoms with E-state index in [-0.39, 0.29) is 0 Å². The van der Waals surface area contributed by atoms with Gasteiger partial charge in [-0.05, 0) is 66.1 Å². The summed E-state index contributed by atoms with van der Waals surface area (Å²) >= 11 is 0. The predicted molar refractivity (Wildman–Crippen MR) is 153 cm³/mol. The van der Waals surface area contributed by atoms with Crippen molar-refractivity contribution >= 4 is 27.8 Å². The van der Waals surface area contributed by atoms with Gasteiger partial charge >= 0.3 is 0 Å². The van der Waals surface area contributed by atoms with E-state index in [1.165, 1.54) is 0 Å². The molecule has 0 spiro atoms. The number of benzene rings is 4. The molecule has 0 fully saturated rings. The summed E-state index contributed by atoms with van der Waals surface area (Å²) in [5, 5.41) is 0.961. The Labute approximate surface area is 226 Å². The Morgan fingerprint density at radius 3 is 2.67 bits per heavy atom. The Hall–Kier alpha value is -4.91. The molecule has 0 aliphatic carbocycles. The van der Waals surface area contributed by atoms with E-state index in [1.54, 1.807) is 6.33 Å². The summed E-state index contributed by atoms with van der Waals surface area (Å²) in [6, 6.07) is 28.9. The Morgan fingerprint density at radius 1 is 0.897 bits per heavy atom. The average Bonchev–Trinajstić information content (AvgIpc) is 3.22. The van der Waals surface area contributed by atoms with E-state index in [1.807, 2.05) is 43.3 Å². The number of fused-ring (bicyclic) bond motifs is 3. The third kappa shape index (κ3) is 4.63. The molecule has 1 aliphatic heterocycles. The number of ether oxygens (including phenoxy) is 2. The number of imidazole rings is 1. The van der Waals surface area contributed by atoms with Crippen molar-refractivity contribution in [2.45, 2.75) is 20.1 Å². The number of nitrogens with one attached hydrogen (secondary N) is 1. The molecular weight excluding hydrogens is 486 g/mol. The van der Waals surface area contributed by atoms with E-state index in [9.17, 15) is 0 Å². The number of hydrogen-bond donors (Lipinski definition) is 1. The zero-order valence-electron chi connectivity index (χ0n) is 21.6. The van der Waals surface area contributed by atoms with Gasteiger partial charge < -0.3 is 19.4 Å². The molecule has 1 aliphatic rings. The lowest BCUT2D eigenvalue weighted by molar-refractivity contribution is 0.306. The second kappa shape index (κ2) is 9.76. The first-order chi connectivity index (χ1) is 19.2. The van der Waals surface area contributed by atoms with Crippen molar-refractivity contribution in [2.24, 2.45) is 0 Å². The zero-order valence-corrected chi connectivity index (χ0v) is 21.6. The van der Waals surface area contributed by atoms with Gasteiger partial charge in [0.1, 0.15) is 42.7 Å². The Kier molecular flexibility index (Phi) is 5.81. The molecule has 0 amide bonds. The number of aryl methyl sites for hydroxylation is 1. The van der Waals surface area contributed by atoms with Crippen LogP contribution in [0.25, 0.3) is 33.1 Å². The van der Waals surface area contributed by atoms with Crippen LogP contribution in [0.15, 0.2) is 91.3 Å². The number of aromatic nitrogens is 4. The van der Waals surface area contributed by atoms with E-state index in [4.69, 9.17) is 14.5 Å². The van der Waals surface area contributed by atoms with Crippen molar-refractivity contribution in [3.8, 4) is 22.6 Å². The van der Waals surface area contributed by atoms with E-state index >= 15 is 0 Å². The summed E-state index contributed by atoms with van der Waals surface area (Å²) in [5.74, 6) is 3.49. The van der Waals surface area contributed by atoms with Crippen LogP contribution in [-0.4, -0.2) is 33.1 Å². The first kappa shape index (κ1) is 23.2. The smallest absolute Gasteiger partial charge is 0.140 e. The maximum absolute atomic E-state index is 6.16. The molecule has 6 aromatic rings. The lowest BCUT2D eigenvalue weighted by Crippen LogP contribution is -2.26. The molecular formula is C32H27N5O2. The maximum atomic E-state index is 6.16. The van der Waals surface area contributed by atoms with E-state index in [2.05, 4.69) is 68.4 Å². The molecule has 0 bridgehead atoms. The van der Waals surface area contributed by atoms with Crippen molar-refractivity contribution < 1.29 is 9.47 Å². The van der Waals surface area contributed by atoms with Crippen LogP contribution in [0.2, 0.25) is 0 Å². The molecule has 0 radical (unpaired) electrons. The van der Waals surface area contributed by atoms with Crippen LogP contribution < -0.4 is 14.4 Å². The van der Waals surface area contributed by atoms with Gasteiger partial charge in [0.2, 0.25) is 0 Å². The van der Waals surface area contributed by atoms with Crippen LogP contribution >= 0.6 is 0 Å². The quantitative estimate of drug-likeness (QED) is 0.285. The van der Waals surface area contributed by atoms with Gasteiger partial charge in [-0.25, -0.2) is 15.0 Å². The topological polar surface area (TPSA) is 76.2 Å². The number of rotatable bonds is 5. The highest BCUT2D eigenvalue weighted by Gasteiger charge is 2.20. The monoisotopic (exact) mass is 513 g/mol. The van der Waals surface area contributed by atoms with Crippen molar-refractivity contribution in [1.29, 1.82) is 0 Å². The van der Waals surface area contributed by atoms with Crippen LogP contribution in [0.5, 0.6) is 11.5 Å². The molecule has 2 aromatic heterocycles. The minimum atomic E-state index is 0.507. The largest absolute Gasteiger partial charge is 0.491 e. The minimum absolute atomic E-state index is 0.507. The minimum Gasteiger partial charge on any atom is -0.491 e. The second-order valence-electron chi connectivity index (χ2n) is 9.80. The Balaban J connectivity index is 1.20. The van der Waals surface area contributed by atoms with Crippen LogP contribution in [0.1, 0.15) is 17.0 Å². The van der Waals surface area contributed by atoms with Gasteiger partial charge in [-0.2, -0.15) is 0 Å². The van der Waals surface area contributed by atoms with Crippen LogP contribution in [0.3, 0.4) is 0 Å². The highest BCUT2D eigenvalue weighted by Crippen LogP contribution is 2.34. The Bertz CT molecular complexity index is 1800. The number of anilines is 1. The third-order valence-corrected chi connectivity index (χ3v) is 7.11. The lowest BCUT2D eigenvalue weighted by atomic mass is 10.0. The molecule has 7 nitrogen and oxygen atoms in total. The zero-order chi connectivity index (χ0) is 26.2. The number of hydrogen-bond acceptors (Lipinski definition) is 6. The molecule has 7 rings (SSSR count). The molecule has 7 heteroatoms. The molecule has 0 saturated heterocycles. The molecule has 0 atom stereocenters. The summed E-state index contributed by atoms with van der Waals surface area (Å²) in [7, 11) is 0. The number of aromatic amines is 1. The van der Waals surface area contributed by atoms with E-state index in [0.29, 0.717) is 26.3 Å². The SMILES string of the molecule is Cc1nc2ccc(-c3ccc4c(c3)CN(c3ncnc5ccc(OCc6ccccc6)cc35)CCO4)cc2[nH]1. The molecule has 39 heavy (non-hydrogen) atoms. The molecule has 192 valence electrons. The van der Waals surface area contributed by atoms with Gasteiger partial charge in [0, 0.05) is 17.5 Å². The van der Waals surface area contributed by atoms with Gasteiger partial charge in [-0.1, -0.05) is 42.5 Å². The van der Waals surface area contributed by atoms with E-state index < -0.39 is 0 Å². The van der Waals surface area contributed by atoms with Crippen LogP contribution in [0.4, 0.5) is 5.82 Å². The fourth-order valence-corrected chi connectivity index (χ4v) is 5.18. The van der Waals surface area contributed by atoms with Crippen LogP contribution in [0, 0.1) is 6.92 Å². The van der Waals surface area contributed by atoms with Crippen molar-refractivity contribution in [1.82, 2.24) is 19.9 Å². The average molecular weight is 514 g/mol. The Morgan fingerprint density at radius 2 is 1.74 bits per heavy atom. The summed E-state index contributed by atoms with van der Waals surface area (Å²) in [5.41, 5.74) is 7.42. The third-order valence-electron chi connectivity index (χ3n) is 7.11. The van der Waals surface area contributed by atoms with Gasteiger partial charge in [-0.15, -0.1) is 0 Å². The summed E-state index contributed by atoms with van der Waals surface area (Å²) < 4.78 is 12.3. The number of H-pyrrole nitrogens is 1. The van der Waals surface area contributed by atoms with Crippen molar-refractivity contribution in [2.75, 3.05) is 18.1 Å². The highest BCUT2D eigenvalue weighted by molar-refractivity contribution is 5.90. The fourth-order valence-electron chi connectivity index (χ4n) is 5.18. The first-order valence-electron chi connectivity index (χ1n) is 13.1. The fraction of sp³-hybridized carbons (Fsp3) is 0.156. The normalized spacial score (nSPS) is 13.2. The van der Waals surface area contributed by atoms with Gasteiger partial charge in [0.25, 0.3) is 0 Å². The summed E-state index contributed by atoms with van der Waals surface area (Å²) in [4.78, 5) is 19.4. The predicted octanol–water partition coefficient (Wildman–Crippen LogP) is 6.46. The van der Waals surface area contributed by atoms with Crippen molar-refractivity contribution in [3.63, 3.8) is 0 Å². The summed E-state index contributed by atoms with van der Waals surface area (Å²) in [6.45, 7) is 4.44. The molecule has 3 heterocycles. The molecule has 4 aromatic carbocycles. The second-order valence-corrected chi connectivity index (χ2v) is 9.80.